The van der Waals surface area contributed by atoms with Crippen LogP contribution in [-0.4, -0.2) is 18.1 Å². The zero-order chi connectivity index (χ0) is 9.56. The van der Waals surface area contributed by atoms with Gasteiger partial charge in [-0.15, -0.1) is 0 Å². The van der Waals surface area contributed by atoms with Crippen molar-refractivity contribution in [2.75, 3.05) is 7.05 Å². The van der Waals surface area contributed by atoms with Gasteiger partial charge in [0.15, 0.2) is 0 Å². The smallest absolute Gasteiger partial charge is 0.337 e. The van der Waals surface area contributed by atoms with E-state index in [2.05, 4.69) is 11.9 Å². The summed E-state index contributed by atoms with van der Waals surface area (Å²) in [5.41, 5.74) is 5.59. The molecule has 0 spiro atoms. The highest BCUT2D eigenvalue weighted by atomic mass is 16.4. The van der Waals surface area contributed by atoms with Gasteiger partial charge in [-0.2, -0.15) is 0 Å². The van der Waals surface area contributed by atoms with E-state index in [4.69, 9.17) is 10.8 Å². The standard InChI is InChI=1S/C8H12N2O2/c1-3-6(8(11)12)7(9)4-5-10-2/h3-5,10H,1,9H2,2H3,(H,11,12)/b5-4-,7-6-. The lowest BCUT2D eigenvalue weighted by Crippen LogP contribution is -2.07. The van der Waals surface area contributed by atoms with Crippen molar-refractivity contribution in [3.8, 4) is 0 Å². The van der Waals surface area contributed by atoms with Crippen molar-refractivity contribution in [3.05, 3.63) is 36.2 Å². The molecule has 0 atom stereocenters. The van der Waals surface area contributed by atoms with E-state index in [0.29, 0.717) is 0 Å². The second kappa shape index (κ2) is 5.01. The monoisotopic (exact) mass is 168 g/mol. The van der Waals surface area contributed by atoms with E-state index in [9.17, 15) is 4.79 Å². The summed E-state index contributed by atoms with van der Waals surface area (Å²) in [7, 11) is 1.69. The third kappa shape index (κ3) is 2.92. The fraction of sp³-hybridized carbons (Fsp3) is 0.125. The van der Waals surface area contributed by atoms with E-state index in [1.807, 2.05) is 0 Å². The van der Waals surface area contributed by atoms with E-state index in [-0.39, 0.29) is 11.3 Å². The number of hydrogen-bond donors (Lipinski definition) is 3. The lowest BCUT2D eigenvalue weighted by molar-refractivity contribution is -0.132. The average Bonchev–Trinajstić information content (AvgIpc) is 2.01. The molecule has 4 heteroatoms. The molecule has 0 aromatic heterocycles. The van der Waals surface area contributed by atoms with Crippen LogP contribution < -0.4 is 11.1 Å². The van der Waals surface area contributed by atoms with Crippen LogP contribution >= 0.6 is 0 Å². The molecule has 0 unspecified atom stereocenters. The number of allylic oxidation sites excluding steroid dienone is 1. The number of rotatable bonds is 4. The minimum Gasteiger partial charge on any atom is -0.478 e. The van der Waals surface area contributed by atoms with Gasteiger partial charge in [-0.1, -0.05) is 12.7 Å². The van der Waals surface area contributed by atoms with Crippen LogP contribution in [0.2, 0.25) is 0 Å². The second-order valence-corrected chi connectivity index (χ2v) is 2.00. The molecule has 0 amide bonds. The molecule has 0 heterocycles. The second-order valence-electron chi connectivity index (χ2n) is 2.00. The molecule has 0 rings (SSSR count). The summed E-state index contributed by atoms with van der Waals surface area (Å²) >= 11 is 0. The molecule has 12 heavy (non-hydrogen) atoms. The van der Waals surface area contributed by atoms with Crippen molar-refractivity contribution in [3.63, 3.8) is 0 Å². The van der Waals surface area contributed by atoms with Crippen LogP contribution in [0.15, 0.2) is 36.2 Å². The molecular weight excluding hydrogens is 156 g/mol. The Morgan fingerprint density at radius 2 is 2.25 bits per heavy atom. The molecule has 0 radical (unpaired) electrons. The van der Waals surface area contributed by atoms with Crippen molar-refractivity contribution in [2.24, 2.45) is 5.73 Å². The number of nitrogens with two attached hydrogens (primary N) is 1. The van der Waals surface area contributed by atoms with Crippen LogP contribution in [0.4, 0.5) is 0 Å². The quantitative estimate of drug-likeness (QED) is 0.414. The van der Waals surface area contributed by atoms with Crippen molar-refractivity contribution >= 4 is 5.97 Å². The third-order valence-electron chi connectivity index (χ3n) is 1.18. The van der Waals surface area contributed by atoms with Gasteiger partial charge in [0.1, 0.15) is 0 Å². The molecule has 0 aliphatic rings. The van der Waals surface area contributed by atoms with Crippen LogP contribution in [-0.2, 0) is 4.79 Å². The molecular formula is C8H12N2O2. The first-order valence-corrected chi connectivity index (χ1v) is 3.32. The molecule has 4 nitrogen and oxygen atoms in total. The Bertz CT molecular complexity index is 241. The first-order valence-electron chi connectivity index (χ1n) is 3.32. The molecule has 0 saturated heterocycles. The Labute approximate surface area is 71.1 Å². The highest BCUT2D eigenvalue weighted by Gasteiger charge is 2.04. The summed E-state index contributed by atoms with van der Waals surface area (Å²) in [4.78, 5) is 10.5. The fourth-order valence-electron chi connectivity index (χ4n) is 0.592. The third-order valence-corrected chi connectivity index (χ3v) is 1.18. The minimum atomic E-state index is -1.08. The maximum atomic E-state index is 10.5. The highest BCUT2D eigenvalue weighted by Crippen LogP contribution is 2.01. The van der Waals surface area contributed by atoms with Crippen molar-refractivity contribution in [2.45, 2.75) is 0 Å². The first kappa shape index (κ1) is 10.3. The van der Waals surface area contributed by atoms with E-state index in [0.717, 1.165) is 0 Å². The molecule has 0 aliphatic heterocycles. The molecule has 0 aliphatic carbocycles. The van der Waals surface area contributed by atoms with Gasteiger partial charge in [0.2, 0.25) is 0 Å². The van der Waals surface area contributed by atoms with Crippen molar-refractivity contribution in [1.82, 2.24) is 5.32 Å². The van der Waals surface area contributed by atoms with Gasteiger partial charge >= 0.3 is 5.97 Å². The number of aliphatic carboxylic acids is 1. The largest absolute Gasteiger partial charge is 0.478 e. The molecule has 0 saturated carbocycles. The number of carboxylic acid groups (broad SMARTS) is 1. The maximum Gasteiger partial charge on any atom is 0.337 e. The van der Waals surface area contributed by atoms with Crippen molar-refractivity contribution < 1.29 is 9.90 Å². The zero-order valence-corrected chi connectivity index (χ0v) is 6.87. The van der Waals surface area contributed by atoms with Gasteiger partial charge in [0, 0.05) is 12.7 Å². The van der Waals surface area contributed by atoms with Crippen LogP contribution in [0.5, 0.6) is 0 Å². The number of hydrogen-bond acceptors (Lipinski definition) is 3. The normalized spacial score (nSPS) is 12.4. The summed E-state index contributed by atoms with van der Waals surface area (Å²) in [6.07, 6.45) is 4.21. The van der Waals surface area contributed by atoms with Gasteiger partial charge in [-0.05, 0) is 12.3 Å². The van der Waals surface area contributed by atoms with Gasteiger partial charge in [0.25, 0.3) is 0 Å². The van der Waals surface area contributed by atoms with Crippen molar-refractivity contribution in [1.29, 1.82) is 0 Å². The Morgan fingerprint density at radius 3 is 2.58 bits per heavy atom. The summed E-state index contributed by atoms with van der Waals surface area (Å²) in [5.74, 6) is -1.08. The summed E-state index contributed by atoms with van der Waals surface area (Å²) in [6.45, 7) is 3.34. The van der Waals surface area contributed by atoms with Crippen LogP contribution in [0, 0.1) is 0 Å². The Kier molecular flexibility index (Phi) is 4.30. The summed E-state index contributed by atoms with van der Waals surface area (Å²) < 4.78 is 0. The van der Waals surface area contributed by atoms with Gasteiger partial charge < -0.3 is 16.2 Å². The predicted octanol–water partition coefficient (Wildman–Crippen LogP) is 0.203. The fourth-order valence-corrected chi connectivity index (χ4v) is 0.592. The molecule has 66 valence electrons. The van der Waals surface area contributed by atoms with E-state index < -0.39 is 5.97 Å². The molecule has 0 bridgehead atoms. The van der Waals surface area contributed by atoms with E-state index >= 15 is 0 Å². The van der Waals surface area contributed by atoms with Crippen LogP contribution in [0.1, 0.15) is 0 Å². The Hall–Kier alpha value is -1.71. The van der Waals surface area contributed by atoms with Crippen LogP contribution in [0.3, 0.4) is 0 Å². The Morgan fingerprint density at radius 1 is 1.67 bits per heavy atom. The van der Waals surface area contributed by atoms with Gasteiger partial charge in [-0.3, -0.25) is 0 Å². The SMILES string of the molecule is C=C/C(C(=O)O)=C(N)\C=C/NC. The molecule has 0 fully saturated rings. The molecule has 0 aromatic rings. The summed E-state index contributed by atoms with van der Waals surface area (Å²) in [6, 6.07) is 0. The van der Waals surface area contributed by atoms with Gasteiger partial charge in [-0.25, -0.2) is 4.79 Å². The van der Waals surface area contributed by atoms with Gasteiger partial charge in [0.05, 0.1) is 5.57 Å². The van der Waals surface area contributed by atoms with Crippen LogP contribution in [0.25, 0.3) is 0 Å². The zero-order valence-electron chi connectivity index (χ0n) is 6.87. The average molecular weight is 168 g/mol. The minimum absolute atomic E-state index is 0.00139. The summed E-state index contributed by atoms with van der Waals surface area (Å²) in [5, 5.41) is 11.3. The maximum absolute atomic E-state index is 10.5. The Balaban J connectivity index is 4.72. The van der Waals surface area contributed by atoms with E-state index in [1.165, 1.54) is 12.2 Å². The lowest BCUT2D eigenvalue weighted by atomic mass is 10.2. The van der Waals surface area contributed by atoms with E-state index in [1.54, 1.807) is 13.2 Å². The number of nitrogens with one attached hydrogen (secondary N) is 1. The topological polar surface area (TPSA) is 75.3 Å². The molecule has 0 aromatic carbocycles. The first-order chi connectivity index (χ1) is 5.63. The number of carboxylic acids is 1. The number of carbonyl (C=O) groups is 1. The predicted molar refractivity (Wildman–Crippen MR) is 47.2 cm³/mol. The molecule has 4 N–H and O–H groups in total. The highest BCUT2D eigenvalue weighted by molar-refractivity contribution is 5.91. The lowest BCUT2D eigenvalue weighted by Gasteiger charge is -1.97.